The Balaban J connectivity index is 1.42. The van der Waals surface area contributed by atoms with Gasteiger partial charge in [-0.3, -0.25) is 9.69 Å². The zero-order chi connectivity index (χ0) is 24.0. The Morgan fingerprint density at radius 3 is 2.52 bits per heavy atom. The minimum atomic E-state index is -4.45. The molecule has 1 amide bonds. The van der Waals surface area contributed by atoms with E-state index in [1.165, 1.54) is 12.8 Å². The van der Waals surface area contributed by atoms with Crippen molar-refractivity contribution in [1.29, 1.82) is 0 Å². The summed E-state index contributed by atoms with van der Waals surface area (Å²) in [6.07, 6.45) is 4.06. The molecule has 2 aliphatic rings. The van der Waals surface area contributed by atoms with E-state index in [0.29, 0.717) is 30.9 Å². The van der Waals surface area contributed by atoms with E-state index in [9.17, 15) is 18.0 Å². The van der Waals surface area contributed by atoms with Crippen molar-refractivity contribution in [3.8, 4) is 0 Å². The Bertz CT molecular complexity index is 783. The minimum Gasteiger partial charge on any atom is -0.353 e. The molecule has 5 nitrogen and oxygen atoms in total. The summed E-state index contributed by atoms with van der Waals surface area (Å²) in [5.74, 6) is 1.11. The molecular weight excluding hydrogens is 453 g/mol. The lowest BCUT2D eigenvalue weighted by Gasteiger charge is -2.36. The van der Waals surface area contributed by atoms with Crippen molar-refractivity contribution in [2.45, 2.75) is 71.0 Å². The summed E-state index contributed by atoms with van der Waals surface area (Å²) in [7, 11) is 0. The van der Waals surface area contributed by atoms with Crippen LogP contribution in [0.25, 0.3) is 0 Å². The minimum absolute atomic E-state index is 0.0257. The molecule has 1 saturated carbocycles. The van der Waals surface area contributed by atoms with Crippen LogP contribution in [0.1, 0.15) is 64.4 Å². The largest absolute Gasteiger partial charge is 0.417 e. The Labute approximate surface area is 200 Å². The fourth-order valence-electron chi connectivity index (χ4n) is 4.65. The van der Waals surface area contributed by atoms with Crippen LogP contribution < -0.4 is 10.2 Å². The van der Waals surface area contributed by atoms with Gasteiger partial charge < -0.3 is 10.2 Å². The van der Waals surface area contributed by atoms with Crippen molar-refractivity contribution >= 4 is 23.3 Å². The first-order valence-corrected chi connectivity index (χ1v) is 12.6. The van der Waals surface area contributed by atoms with E-state index in [0.717, 1.165) is 64.0 Å². The zero-order valence-electron chi connectivity index (χ0n) is 19.6. The summed E-state index contributed by atoms with van der Waals surface area (Å²) < 4.78 is 38.5. The van der Waals surface area contributed by atoms with Gasteiger partial charge in [0.15, 0.2) is 0 Å². The van der Waals surface area contributed by atoms with Crippen LogP contribution in [0.2, 0.25) is 5.02 Å². The van der Waals surface area contributed by atoms with Crippen molar-refractivity contribution in [1.82, 2.24) is 15.2 Å². The van der Waals surface area contributed by atoms with Crippen LogP contribution in [-0.4, -0.2) is 54.6 Å². The van der Waals surface area contributed by atoms with Gasteiger partial charge in [0.05, 0.1) is 10.6 Å². The summed E-state index contributed by atoms with van der Waals surface area (Å²) in [6, 6.07) is 1.23. The maximum absolute atomic E-state index is 12.8. The Hall–Kier alpha value is -1.54. The Morgan fingerprint density at radius 1 is 1.18 bits per heavy atom. The monoisotopic (exact) mass is 488 g/mol. The maximum atomic E-state index is 12.8. The molecule has 0 spiro atoms. The first-order valence-electron chi connectivity index (χ1n) is 12.2. The van der Waals surface area contributed by atoms with Gasteiger partial charge >= 0.3 is 6.18 Å². The van der Waals surface area contributed by atoms with Crippen LogP contribution in [0.5, 0.6) is 0 Å². The van der Waals surface area contributed by atoms with Gasteiger partial charge in [-0.25, -0.2) is 4.98 Å². The maximum Gasteiger partial charge on any atom is 0.417 e. The highest BCUT2D eigenvalue weighted by Gasteiger charge is 2.44. The molecule has 1 unspecified atom stereocenters. The van der Waals surface area contributed by atoms with Gasteiger partial charge in [-0.1, -0.05) is 51.1 Å². The molecule has 186 valence electrons. The molecule has 1 aliphatic carbocycles. The van der Waals surface area contributed by atoms with E-state index in [1.807, 2.05) is 4.90 Å². The zero-order valence-corrected chi connectivity index (χ0v) is 20.4. The lowest BCUT2D eigenvalue weighted by molar-refractivity contribution is -0.137. The Kier molecular flexibility index (Phi) is 9.27. The average Bonchev–Trinajstić information content (AvgIpc) is 3.53. The number of aromatic nitrogens is 1. The van der Waals surface area contributed by atoms with Gasteiger partial charge in [0.2, 0.25) is 5.91 Å². The molecule has 0 radical (unpaired) electrons. The van der Waals surface area contributed by atoms with Gasteiger partial charge in [-0.15, -0.1) is 0 Å². The van der Waals surface area contributed by atoms with Crippen LogP contribution in [-0.2, 0) is 11.0 Å². The highest BCUT2D eigenvalue weighted by atomic mass is 35.5. The third-order valence-corrected chi connectivity index (χ3v) is 6.99. The number of amides is 1. The van der Waals surface area contributed by atoms with Crippen LogP contribution in [0.4, 0.5) is 19.0 Å². The first kappa shape index (κ1) is 26.1. The van der Waals surface area contributed by atoms with Crippen LogP contribution >= 0.6 is 11.6 Å². The summed E-state index contributed by atoms with van der Waals surface area (Å²) in [6.45, 7) is 8.09. The highest BCUT2D eigenvalue weighted by Crippen LogP contribution is 2.40. The van der Waals surface area contributed by atoms with E-state index in [4.69, 9.17) is 11.6 Å². The highest BCUT2D eigenvalue weighted by molar-refractivity contribution is 6.33. The average molecular weight is 489 g/mol. The fraction of sp³-hybridized carbons (Fsp3) is 0.750. The number of nitrogens with one attached hydrogen (secondary N) is 1. The van der Waals surface area contributed by atoms with Gasteiger partial charge in [0.25, 0.3) is 0 Å². The number of pyridine rings is 1. The lowest BCUT2D eigenvalue weighted by atomic mass is 10.0. The standard InChI is InChI=1S/C24H36ClF3N4O/c1-3-5-6-8-19(7-4-2)30-23(33)20-13-17(20)16-31-9-11-32(12-10-31)22-21(25)14-18(15-29-22)24(26,27)28/h14-15,17,19-20H,3-13,16H2,1-2H3,(H,30,33)/t17-,19?,20-/m0/s1. The van der Waals surface area contributed by atoms with Gasteiger partial charge in [-0.05, 0) is 31.2 Å². The number of alkyl halides is 3. The molecule has 0 bridgehead atoms. The number of halogens is 4. The third kappa shape index (κ3) is 7.47. The van der Waals surface area contributed by atoms with E-state index in [-0.39, 0.29) is 16.8 Å². The molecule has 1 aromatic heterocycles. The second kappa shape index (κ2) is 11.7. The number of carbonyl (C=O) groups excluding carboxylic acids is 1. The third-order valence-electron chi connectivity index (χ3n) is 6.71. The molecule has 1 aliphatic heterocycles. The van der Waals surface area contributed by atoms with E-state index in [1.54, 1.807) is 0 Å². The molecule has 3 rings (SSSR count). The number of nitrogens with zero attached hydrogens (tertiary/aromatic N) is 3. The number of piperazine rings is 1. The van der Waals surface area contributed by atoms with Crippen molar-refractivity contribution in [3.63, 3.8) is 0 Å². The van der Waals surface area contributed by atoms with Crippen molar-refractivity contribution in [2.24, 2.45) is 11.8 Å². The van der Waals surface area contributed by atoms with Gasteiger partial charge in [0.1, 0.15) is 5.82 Å². The van der Waals surface area contributed by atoms with E-state index >= 15 is 0 Å². The quantitative estimate of drug-likeness (QED) is 0.425. The van der Waals surface area contributed by atoms with Crippen molar-refractivity contribution < 1.29 is 18.0 Å². The van der Waals surface area contributed by atoms with Gasteiger partial charge in [0, 0.05) is 50.9 Å². The van der Waals surface area contributed by atoms with Crippen molar-refractivity contribution in [2.75, 3.05) is 37.6 Å². The molecular formula is C24H36ClF3N4O. The van der Waals surface area contributed by atoms with Gasteiger partial charge in [-0.2, -0.15) is 13.2 Å². The molecule has 1 N–H and O–H groups in total. The number of hydrogen-bond donors (Lipinski definition) is 1. The Morgan fingerprint density at radius 2 is 1.91 bits per heavy atom. The lowest BCUT2D eigenvalue weighted by Crippen LogP contribution is -2.47. The summed E-state index contributed by atoms with van der Waals surface area (Å²) in [5, 5.41) is 3.31. The fourth-order valence-corrected chi connectivity index (χ4v) is 4.93. The SMILES string of the molecule is CCCCCC(CCC)NC(=O)[C@H]1C[C@H]1CN1CCN(c2ncc(C(F)(F)F)cc2Cl)CC1. The number of anilines is 1. The number of hydrogen-bond acceptors (Lipinski definition) is 4. The topological polar surface area (TPSA) is 48.5 Å². The summed E-state index contributed by atoms with van der Waals surface area (Å²) in [4.78, 5) is 20.9. The predicted molar refractivity (Wildman–Crippen MR) is 125 cm³/mol. The molecule has 3 atom stereocenters. The summed E-state index contributed by atoms with van der Waals surface area (Å²) in [5.41, 5.74) is -0.834. The first-order chi connectivity index (χ1) is 15.7. The molecule has 33 heavy (non-hydrogen) atoms. The molecule has 2 fully saturated rings. The second-order valence-corrected chi connectivity index (χ2v) is 9.81. The van der Waals surface area contributed by atoms with Crippen LogP contribution in [0.15, 0.2) is 12.3 Å². The molecule has 9 heteroatoms. The number of unbranched alkanes of at least 4 members (excludes halogenated alkanes) is 2. The molecule has 0 aromatic carbocycles. The van der Waals surface area contributed by atoms with E-state index in [2.05, 4.69) is 29.0 Å². The summed E-state index contributed by atoms with van der Waals surface area (Å²) >= 11 is 6.10. The number of rotatable bonds is 11. The molecule has 1 saturated heterocycles. The smallest absolute Gasteiger partial charge is 0.353 e. The molecule has 2 heterocycles. The molecule has 1 aromatic rings. The van der Waals surface area contributed by atoms with Crippen molar-refractivity contribution in [3.05, 3.63) is 22.8 Å². The van der Waals surface area contributed by atoms with Crippen LogP contribution in [0, 0.1) is 11.8 Å². The second-order valence-electron chi connectivity index (χ2n) is 9.41. The number of carbonyl (C=O) groups is 1. The van der Waals surface area contributed by atoms with Crippen LogP contribution in [0.3, 0.4) is 0 Å². The van der Waals surface area contributed by atoms with E-state index < -0.39 is 11.7 Å². The predicted octanol–water partition coefficient (Wildman–Crippen LogP) is 5.38. The normalized spacial score (nSPS) is 22.3.